The molecule has 3 rings (SSSR count). The van der Waals surface area contributed by atoms with Gasteiger partial charge in [0.2, 0.25) is 0 Å². The van der Waals surface area contributed by atoms with Gasteiger partial charge in [-0.05, 0) is 23.6 Å². The highest BCUT2D eigenvalue weighted by Crippen LogP contribution is 2.24. The molecule has 0 aliphatic heterocycles. The van der Waals surface area contributed by atoms with Crippen molar-refractivity contribution in [3.05, 3.63) is 71.0 Å². The Morgan fingerprint density at radius 2 is 1.90 bits per heavy atom. The zero-order valence-electron chi connectivity index (χ0n) is 10.5. The molecule has 0 fully saturated rings. The van der Waals surface area contributed by atoms with Gasteiger partial charge in [0.05, 0.1) is 10.7 Å². The smallest absolute Gasteiger partial charge is 0.195 e. The number of fused-ring (bicyclic) bond motifs is 1. The lowest BCUT2D eigenvalue weighted by molar-refractivity contribution is 0.104. The number of halogens is 1. The maximum Gasteiger partial charge on any atom is 0.195 e. The van der Waals surface area contributed by atoms with Crippen molar-refractivity contribution >= 4 is 33.8 Å². The summed E-state index contributed by atoms with van der Waals surface area (Å²) in [5.74, 6) is -0.113. The number of pyridine rings is 1. The molecule has 4 heteroatoms. The summed E-state index contributed by atoms with van der Waals surface area (Å²) in [7, 11) is 0. The number of carbonyl (C=O) groups is 1. The van der Waals surface area contributed by atoms with E-state index in [-0.39, 0.29) is 5.78 Å². The van der Waals surface area contributed by atoms with Crippen LogP contribution in [0.5, 0.6) is 0 Å². The van der Waals surface area contributed by atoms with E-state index < -0.39 is 0 Å². The summed E-state index contributed by atoms with van der Waals surface area (Å²) in [5, 5.41) is 2.25. The molecule has 0 atom stereocenters. The highest BCUT2D eigenvalue weighted by Gasteiger charge is 2.13. The largest absolute Gasteiger partial charge is 0.398 e. The number of carbonyl (C=O) groups excluding carboxylic acids is 1. The quantitative estimate of drug-likeness (QED) is 0.576. The molecule has 0 unspecified atom stereocenters. The highest BCUT2D eigenvalue weighted by atomic mass is 35.5. The molecule has 20 heavy (non-hydrogen) atoms. The van der Waals surface area contributed by atoms with E-state index >= 15 is 0 Å². The molecular weight excluding hydrogens is 272 g/mol. The van der Waals surface area contributed by atoms with Gasteiger partial charge in [-0.3, -0.25) is 9.78 Å². The van der Waals surface area contributed by atoms with E-state index in [1.165, 1.54) is 0 Å². The molecule has 2 aromatic carbocycles. The molecule has 0 bridgehead atoms. The highest BCUT2D eigenvalue weighted by molar-refractivity contribution is 6.33. The van der Waals surface area contributed by atoms with Crippen LogP contribution in [-0.4, -0.2) is 10.8 Å². The van der Waals surface area contributed by atoms with Gasteiger partial charge in [0.15, 0.2) is 5.78 Å². The first-order valence-electron chi connectivity index (χ1n) is 6.09. The fourth-order valence-electron chi connectivity index (χ4n) is 2.14. The van der Waals surface area contributed by atoms with Crippen LogP contribution in [0.15, 0.2) is 54.9 Å². The van der Waals surface area contributed by atoms with Crippen molar-refractivity contribution in [1.29, 1.82) is 0 Å². The first-order valence-corrected chi connectivity index (χ1v) is 6.47. The Hall–Kier alpha value is -2.39. The Morgan fingerprint density at radius 1 is 1.10 bits per heavy atom. The van der Waals surface area contributed by atoms with Crippen LogP contribution in [0.25, 0.3) is 10.8 Å². The van der Waals surface area contributed by atoms with Gasteiger partial charge < -0.3 is 5.73 Å². The van der Waals surface area contributed by atoms with Gasteiger partial charge in [-0.1, -0.05) is 35.9 Å². The number of nitrogens with zero attached hydrogens (tertiary/aromatic N) is 1. The molecule has 3 aromatic rings. The molecule has 1 aromatic heterocycles. The van der Waals surface area contributed by atoms with Crippen molar-refractivity contribution < 1.29 is 4.79 Å². The van der Waals surface area contributed by atoms with Crippen molar-refractivity contribution in [2.75, 3.05) is 5.73 Å². The summed E-state index contributed by atoms with van der Waals surface area (Å²) < 4.78 is 0. The van der Waals surface area contributed by atoms with Crippen LogP contribution < -0.4 is 5.73 Å². The Balaban J connectivity index is 2.15. The third-order valence-corrected chi connectivity index (χ3v) is 3.52. The lowest BCUT2D eigenvalue weighted by atomic mass is 9.99. The second-order valence-corrected chi connectivity index (χ2v) is 4.88. The third-order valence-electron chi connectivity index (χ3n) is 3.17. The standard InChI is InChI=1S/C16H11ClN2O/c17-14-6-5-10(7-15(14)18)16(20)13-9-19-8-11-3-1-2-4-12(11)13/h1-9H,18H2. The summed E-state index contributed by atoms with van der Waals surface area (Å²) in [5.41, 5.74) is 7.21. The predicted molar refractivity (Wildman–Crippen MR) is 81.0 cm³/mol. The molecule has 0 spiro atoms. The molecular formula is C16H11ClN2O. The van der Waals surface area contributed by atoms with E-state index in [2.05, 4.69) is 4.98 Å². The average Bonchev–Trinajstić information content (AvgIpc) is 2.49. The van der Waals surface area contributed by atoms with Crippen molar-refractivity contribution in [3.63, 3.8) is 0 Å². The monoisotopic (exact) mass is 282 g/mol. The molecule has 3 nitrogen and oxygen atoms in total. The van der Waals surface area contributed by atoms with Crippen LogP contribution in [0.1, 0.15) is 15.9 Å². The average molecular weight is 283 g/mol. The number of nitrogens with two attached hydrogens (primary N) is 1. The lowest BCUT2D eigenvalue weighted by Crippen LogP contribution is -2.04. The van der Waals surface area contributed by atoms with E-state index in [0.29, 0.717) is 21.8 Å². The fourth-order valence-corrected chi connectivity index (χ4v) is 2.26. The molecule has 98 valence electrons. The van der Waals surface area contributed by atoms with Crippen molar-refractivity contribution in [2.45, 2.75) is 0 Å². The Labute approximate surface area is 121 Å². The summed E-state index contributed by atoms with van der Waals surface area (Å²) in [4.78, 5) is 16.7. The maximum atomic E-state index is 12.6. The summed E-state index contributed by atoms with van der Waals surface area (Å²) >= 11 is 5.88. The zero-order chi connectivity index (χ0) is 14.1. The Bertz CT molecular complexity index is 809. The minimum absolute atomic E-state index is 0.113. The van der Waals surface area contributed by atoms with E-state index in [1.54, 1.807) is 30.6 Å². The zero-order valence-corrected chi connectivity index (χ0v) is 11.3. The number of hydrogen-bond donors (Lipinski definition) is 1. The topological polar surface area (TPSA) is 56.0 Å². The van der Waals surface area contributed by atoms with Crippen molar-refractivity contribution in [1.82, 2.24) is 4.98 Å². The number of benzene rings is 2. The van der Waals surface area contributed by atoms with Crippen LogP contribution in [0.3, 0.4) is 0 Å². The van der Waals surface area contributed by atoms with Gasteiger partial charge in [-0.15, -0.1) is 0 Å². The number of anilines is 1. The molecule has 0 saturated heterocycles. The number of ketones is 1. The summed E-state index contributed by atoms with van der Waals surface area (Å²) in [6, 6.07) is 12.5. The molecule has 1 heterocycles. The van der Waals surface area contributed by atoms with Crippen LogP contribution >= 0.6 is 11.6 Å². The van der Waals surface area contributed by atoms with Gasteiger partial charge in [0.1, 0.15) is 0 Å². The van der Waals surface area contributed by atoms with E-state index in [4.69, 9.17) is 17.3 Å². The summed E-state index contributed by atoms with van der Waals surface area (Å²) in [6.45, 7) is 0. The predicted octanol–water partition coefficient (Wildman–Crippen LogP) is 3.70. The first-order chi connectivity index (χ1) is 9.66. The van der Waals surface area contributed by atoms with Gasteiger partial charge in [0, 0.05) is 28.9 Å². The minimum Gasteiger partial charge on any atom is -0.398 e. The second-order valence-electron chi connectivity index (χ2n) is 4.47. The maximum absolute atomic E-state index is 12.6. The SMILES string of the molecule is Nc1cc(C(=O)c2cncc3ccccc23)ccc1Cl. The molecule has 2 N–H and O–H groups in total. The fraction of sp³-hybridized carbons (Fsp3) is 0. The molecule has 0 radical (unpaired) electrons. The van der Waals surface area contributed by atoms with Crippen LogP contribution in [0, 0.1) is 0 Å². The lowest BCUT2D eigenvalue weighted by Gasteiger charge is -2.06. The van der Waals surface area contributed by atoms with Gasteiger partial charge >= 0.3 is 0 Å². The third kappa shape index (κ3) is 2.12. The molecule has 0 aliphatic carbocycles. The van der Waals surface area contributed by atoms with Gasteiger partial charge in [-0.2, -0.15) is 0 Å². The first kappa shape index (κ1) is 12.6. The van der Waals surface area contributed by atoms with Crippen molar-refractivity contribution in [3.8, 4) is 0 Å². The number of rotatable bonds is 2. The second kappa shape index (κ2) is 4.94. The number of hydrogen-bond acceptors (Lipinski definition) is 3. The molecule has 0 amide bonds. The Kier molecular flexibility index (Phi) is 3.12. The molecule has 0 saturated carbocycles. The van der Waals surface area contributed by atoms with Gasteiger partial charge in [0.25, 0.3) is 0 Å². The van der Waals surface area contributed by atoms with E-state index in [0.717, 1.165) is 10.8 Å². The van der Waals surface area contributed by atoms with Crippen LogP contribution in [0.4, 0.5) is 5.69 Å². The number of aromatic nitrogens is 1. The Morgan fingerprint density at radius 3 is 2.70 bits per heavy atom. The van der Waals surface area contributed by atoms with Gasteiger partial charge in [-0.25, -0.2) is 0 Å². The minimum atomic E-state index is -0.113. The van der Waals surface area contributed by atoms with E-state index in [9.17, 15) is 4.79 Å². The molecule has 0 aliphatic rings. The van der Waals surface area contributed by atoms with Crippen LogP contribution in [-0.2, 0) is 0 Å². The summed E-state index contributed by atoms with van der Waals surface area (Å²) in [6.07, 6.45) is 3.32. The normalized spacial score (nSPS) is 10.7. The van der Waals surface area contributed by atoms with Crippen LogP contribution in [0.2, 0.25) is 5.02 Å². The van der Waals surface area contributed by atoms with E-state index in [1.807, 2.05) is 24.3 Å². The number of nitrogen functional groups attached to an aromatic ring is 1. The van der Waals surface area contributed by atoms with Crippen molar-refractivity contribution in [2.24, 2.45) is 0 Å².